The summed E-state index contributed by atoms with van der Waals surface area (Å²) in [6, 6.07) is 19.5. The molecule has 0 spiro atoms. The number of imide groups is 1. The van der Waals surface area contributed by atoms with Crippen LogP contribution in [0.25, 0.3) is 0 Å². The van der Waals surface area contributed by atoms with Crippen LogP contribution in [-0.2, 0) is 16.1 Å². The van der Waals surface area contributed by atoms with Gasteiger partial charge in [0.1, 0.15) is 24.2 Å². The maximum absolute atomic E-state index is 13.6. The molecule has 0 aromatic heterocycles. The number of aldehydes is 2. The molecule has 4 aliphatic rings. The average molecular weight is 893 g/mol. The summed E-state index contributed by atoms with van der Waals surface area (Å²) in [5.74, 6) is 1.07. The summed E-state index contributed by atoms with van der Waals surface area (Å²) in [7, 11) is 3.81. The molecule has 340 valence electrons. The zero-order valence-corrected chi connectivity index (χ0v) is 38.9. The van der Waals surface area contributed by atoms with Crippen molar-refractivity contribution in [2.75, 3.05) is 63.2 Å². The van der Waals surface area contributed by atoms with Crippen LogP contribution >= 0.6 is 11.6 Å². The lowest BCUT2D eigenvalue weighted by Crippen LogP contribution is -2.74. The third-order valence-corrected chi connectivity index (χ3v) is 15.2. The van der Waals surface area contributed by atoms with Crippen LogP contribution in [0.5, 0.6) is 5.75 Å². The first-order valence-electron chi connectivity index (χ1n) is 22.5. The summed E-state index contributed by atoms with van der Waals surface area (Å²) < 4.78 is 6.55. The maximum Gasteiger partial charge on any atom is 0.254 e. The second-order valence-corrected chi connectivity index (χ2v) is 20.1. The summed E-state index contributed by atoms with van der Waals surface area (Å²) in [4.78, 5) is 71.8. The highest BCUT2D eigenvalue weighted by atomic mass is 35.5. The van der Waals surface area contributed by atoms with E-state index in [4.69, 9.17) is 16.3 Å². The molecule has 2 aliphatic carbocycles. The minimum absolute atomic E-state index is 0.0940. The number of hydrogen-bond acceptors (Lipinski definition) is 11. The number of carbonyl (C=O) groups excluding carboxylic acids is 5. The van der Waals surface area contributed by atoms with Gasteiger partial charge in [0, 0.05) is 117 Å². The number of hydrogen-bond donors (Lipinski definition) is 1. The molecule has 2 heterocycles. The zero-order valence-electron chi connectivity index (χ0n) is 38.2. The normalized spacial score (nSPS) is 24.0. The minimum Gasteiger partial charge on any atom is -0.489 e. The Kier molecular flexibility index (Phi) is 13.9. The van der Waals surface area contributed by atoms with Gasteiger partial charge in [0.05, 0.1) is 16.1 Å². The third-order valence-electron chi connectivity index (χ3n) is 14.9. The largest absolute Gasteiger partial charge is 0.489 e. The molecule has 13 nitrogen and oxygen atoms in total. The van der Waals surface area contributed by atoms with Gasteiger partial charge in [-0.2, -0.15) is 5.26 Å². The lowest BCUT2D eigenvalue weighted by Gasteiger charge is -2.65. The molecule has 64 heavy (non-hydrogen) atoms. The van der Waals surface area contributed by atoms with Crippen LogP contribution in [0.3, 0.4) is 0 Å². The Hall–Kier alpha value is -5.29. The third kappa shape index (κ3) is 9.28. The topological polar surface area (TPSA) is 147 Å². The molecule has 7 rings (SSSR count). The summed E-state index contributed by atoms with van der Waals surface area (Å²) >= 11 is 6.33. The second kappa shape index (κ2) is 19.0. The SMILES string of the molecule is CC(CCC(=O)NC=O)N(C)C(=O)c1cc(N2CC3CC(N4CCN(c5ccc(C=O)c(CN(C)C6C(C)(C)C(Oc7ccc(C#N)c(Cl)c7)C6(C)C)c5)CC4)CC3C2)ccc1C=O. The Balaban J connectivity index is 0.926. The van der Waals surface area contributed by atoms with Crippen LogP contribution in [0.2, 0.25) is 5.02 Å². The highest BCUT2D eigenvalue weighted by Gasteiger charge is 2.64. The molecule has 2 aliphatic heterocycles. The van der Waals surface area contributed by atoms with Gasteiger partial charge in [-0.1, -0.05) is 39.3 Å². The standard InChI is InChI=1S/C50H62ClN7O6/c1-32(8-15-45(62)53-31-61)55(7)46(63)43-23-40(13-10-35(43)30-60)58-27-37-21-41(22-38(37)28-58)57-18-16-56(17-19-57)39-12-9-34(29-59)36(20-39)26-54(6)47-49(2,3)48(50(47,4)5)64-42-14-11-33(25-52)44(51)24-42/h9-14,20,23-24,29-32,37-38,41,47-48H,8,15-19,21-22,26-28H2,1-7H3,(H,53,61,62). The number of nitriles is 1. The maximum atomic E-state index is 13.6. The lowest BCUT2D eigenvalue weighted by atomic mass is 9.49. The molecule has 3 atom stereocenters. The fourth-order valence-electron chi connectivity index (χ4n) is 12.0. The molecular formula is C50H62ClN7O6. The number of nitrogens with one attached hydrogen (secondary N) is 1. The molecule has 14 heteroatoms. The molecule has 4 fully saturated rings. The smallest absolute Gasteiger partial charge is 0.254 e. The zero-order chi connectivity index (χ0) is 46.1. The van der Waals surface area contributed by atoms with Crippen molar-refractivity contribution >= 4 is 53.8 Å². The number of rotatable bonds is 16. The number of anilines is 2. The van der Waals surface area contributed by atoms with E-state index < -0.39 is 5.91 Å². The van der Waals surface area contributed by atoms with E-state index in [9.17, 15) is 29.2 Å². The Morgan fingerprint density at radius 1 is 0.891 bits per heavy atom. The predicted molar refractivity (Wildman–Crippen MR) is 248 cm³/mol. The van der Waals surface area contributed by atoms with Crippen molar-refractivity contribution in [1.29, 1.82) is 5.26 Å². The van der Waals surface area contributed by atoms with Crippen LogP contribution in [0.15, 0.2) is 54.6 Å². The molecule has 0 bridgehead atoms. The van der Waals surface area contributed by atoms with Crippen LogP contribution in [0.1, 0.15) is 103 Å². The Labute approximate surface area is 382 Å². The number of nitrogens with zero attached hydrogens (tertiary/aromatic N) is 6. The number of benzene rings is 3. The number of ether oxygens (including phenoxy) is 1. The van der Waals surface area contributed by atoms with Gasteiger partial charge < -0.3 is 19.4 Å². The highest BCUT2D eigenvalue weighted by molar-refractivity contribution is 6.31. The first kappa shape index (κ1) is 46.7. The molecule has 1 N–H and O–H groups in total. The molecule has 2 saturated heterocycles. The summed E-state index contributed by atoms with van der Waals surface area (Å²) in [5.41, 5.74) is 4.48. The Morgan fingerprint density at radius 2 is 1.52 bits per heavy atom. The monoisotopic (exact) mass is 891 g/mol. The number of fused-ring (bicyclic) bond motifs is 1. The summed E-state index contributed by atoms with van der Waals surface area (Å²) in [5, 5.41) is 11.8. The molecule has 3 amide bonds. The van der Waals surface area contributed by atoms with E-state index in [2.05, 4.69) is 77.9 Å². The first-order chi connectivity index (χ1) is 30.5. The number of piperazine rings is 1. The first-order valence-corrected chi connectivity index (χ1v) is 22.9. The van der Waals surface area contributed by atoms with E-state index in [1.54, 1.807) is 36.2 Å². The fraction of sp³-hybridized carbons (Fsp3) is 0.520. The van der Waals surface area contributed by atoms with Crippen molar-refractivity contribution in [3.63, 3.8) is 0 Å². The lowest BCUT2D eigenvalue weighted by molar-refractivity contribution is -0.206. The van der Waals surface area contributed by atoms with E-state index in [1.807, 2.05) is 25.1 Å². The van der Waals surface area contributed by atoms with Gasteiger partial charge in [0.2, 0.25) is 12.3 Å². The van der Waals surface area contributed by atoms with E-state index in [-0.39, 0.29) is 41.3 Å². The van der Waals surface area contributed by atoms with Gasteiger partial charge in [-0.15, -0.1) is 0 Å². The Morgan fingerprint density at radius 3 is 2.11 bits per heavy atom. The van der Waals surface area contributed by atoms with Crippen LogP contribution < -0.4 is 19.9 Å². The number of halogens is 1. The van der Waals surface area contributed by atoms with Crippen molar-refractivity contribution in [2.45, 2.75) is 91.1 Å². The van der Waals surface area contributed by atoms with Crippen LogP contribution in [0, 0.1) is 34.0 Å². The van der Waals surface area contributed by atoms with Gasteiger partial charge in [-0.05, 0) is 99.2 Å². The van der Waals surface area contributed by atoms with Gasteiger partial charge in [-0.3, -0.25) is 39.1 Å². The average Bonchev–Trinajstić information content (AvgIpc) is 3.87. The molecule has 0 radical (unpaired) electrons. The van der Waals surface area contributed by atoms with Crippen molar-refractivity contribution in [1.82, 2.24) is 20.0 Å². The highest BCUT2D eigenvalue weighted by Crippen LogP contribution is 2.58. The van der Waals surface area contributed by atoms with Crippen molar-refractivity contribution < 1.29 is 28.7 Å². The van der Waals surface area contributed by atoms with Crippen molar-refractivity contribution in [3.05, 3.63) is 87.4 Å². The predicted octanol–water partition coefficient (Wildman–Crippen LogP) is 6.70. The van der Waals surface area contributed by atoms with Gasteiger partial charge in [0.25, 0.3) is 5.91 Å². The van der Waals surface area contributed by atoms with Gasteiger partial charge in [0.15, 0.2) is 6.29 Å². The van der Waals surface area contributed by atoms with Crippen molar-refractivity contribution in [2.24, 2.45) is 22.7 Å². The molecule has 3 aromatic carbocycles. The molecule has 3 unspecified atom stereocenters. The van der Waals surface area contributed by atoms with Crippen LogP contribution in [-0.4, -0.2) is 123 Å². The van der Waals surface area contributed by atoms with Crippen molar-refractivity contribution in [3.8, 4) is 11.8 Å². The number of carbonyl (C=O) groups is 5. The second-order valence-electron chi connectivity index (χ2n) is 19.7. The molecular weight excluding hydrogens is 830 g/mol. The summed E-state index contributed by atoms with van der Waals surface area (Å²) in [6.07, 6.45) is 4.69. The summed E-state index contributed by atoms with van der Waals surface area (Å²) in [6.45, 7) is 16.9. The minimum atomic E-state index is -0.395. The molecule has 2 saturated carbocycles. The van der Waals surface area contributed by atoms with E-state index >= 15 is 0 Å². The van der Waals surface area contributed by atoms with E-state index in [0.29, 0.717) is 70.3 Å². The molecule has 3 aromatic rings. The van der Waals surface area contributed by atoms with E-state index in [1.165, 1.54) is 0 Å². The Bertz CT molecular complexity index is 2270. The van der Waals surface area contributed by atoms with Crippen LogP contribution in [0.4, 0.5) is 11.4 Å². The fourth-order valence-corrected chi connectivity index (χ4v) is 12.2. The number of amides is 3. The van der Waals surface area contributed by atoms with Gasteiger partial charge in [-0.25, -0.2) is 0 Å². The van der Waals surface area contributed by atoms with Gasteiger partial charge >= 0.3 is 0 Å². The van der Waals surface area contributed by atoms with E-state index in [0.717, 1.165) is 81.6 Å². The quantitative estimate of drug-likeness (QED) is 0.153.